The van der Waals surface area contributed by atoms with E-state index in [1.807, 2.05) is 0 Å². The number of nitrogens with zero attached hydrogens (tertiary/aromatic N) is 1. The minimum Gasteiger partial charge on any atom is -0.377 e. The third kappa shape index (κ3) is 3.55. The highest BCUT2D eigenvalue weighted by Gasteiger charge is 2.19. The van der Waals surface area contributed by atoms with E-state index in [0.717, 1.165) is 5.92 Å². The Hall–Kier alpha value is -0.400. The van der Waals surface area contributed by atoms with E-state index >= 15 is 0 Å². The molecule has 0 bridgehead atoms. The van der Waals surface area contributed by atoms with Gasteiger partial charge >= 0.3 is 0 Å². The molecule has 2 rings (SSSR count). The molecule has 18 heavy (non-hydrogen) atoms. The average Bonchev–Trinajstić information content (AvgIpc) is 2.39. The van der Waals surface area contributed by atoms with Crippen LogP contribution in [-0.4, -0.2) is 14.1 Å². The summed E-state index contributed by atoms with van der Waals surface area (Å²) >= 11 is 5.92. The number of anilines is 1. The molecule has 1 nitrogen and oxygen atoms in total. The van der Waals surface area contributed by atoms with E-state index in [1.54, 1.807) is 0 Å². The number of hydrogen-bond donors (Lipinski definition) is 0. The molecule has 0 aromatic heterocycles. The molecule has 1 aromatic carbocycles. The quantitative estimate of drug-likeness (QED) is 0.710. The Bertz CT molecular complexity index is 371. The monoisotopic (exact) mass is 287 g/mol. The van der Waals surface area contributed by atoms with Gasteiger partial charge in [-0.05, 0) is 36.0 Å². The second kappa shape index (κ2) is 7.25. The van der Waals surface area contributed by atoms with Crippen molar-refractivity contribution in [1.82, 2.24) is 0 Å². The van der Waals surface area contributed by atoms with Crippen LogP contribution >= 0.6 is 24.0 Å². The second-order valence-corrected chi connectivity index (χ2v) is 5.52. The van der Waals surface area contributed by atoms with Crippen LogP contribution in [0.2, 0.25) is 0 Å². The largest absolute Gasteiger partial charge is 0.377 e. The van der Waals surface area contributed by atoms with Crippen LogP contribution in [0.5, 0.6) is 0 Å². The molecule has 0 saturated heterocycles. The van der Waals surface area contributed by atoms with Crippen molar-refractivity contribution in [1.29, 1.82) is 0 Å². The van der Waals surface area contributed by atoms with Crippen LogP contribution in [0.25, 0.3) is 0 Å². The number of alkyl halides is 1. The van der Waals surface area contributed by atoms with Gasteiger partial charge in [0.2, 0.25) is 0 Å². The van der Waals surface area contributed by atoms with Crippen molar-refractivity contribution in [3.63, 3.8) is 0 Å². The van der Waals surface area contributed by atoms with Crippen LogP contribution in [-0.2, 0) is 5.88 Å². The van der Waals surface area contributed by atoms with Gasteiger partial charge in [0, 0.05) is 25.7 Å². The third-order valence-corrected chi connectivity index (χ3v) is 4.08. The Morgan fingerprint density at radius 1 is 1.17 bits per heavy atom. The molecular formula is C15H23Cl2N. The highest BCUT2D eigenvalue weighted by atomic mass is 35.5. The van der Waals surface area contributed by atoms with Crippen molar-refractivity contribution in [3.05, 3.63) is 29.3 Å². The van der Waals surface area contributed by atoms with Crippen molar-refractivity contribution < 1.29 is 0 Å². The zero-order valence-electron chi connectivity index (χ0n) is 11.3. The molecule has 0 N–H and O–H groups in total. The summed E-state index contributed by atoms with van der Waals surface area (Å²) in [6.07, 6.45) is 6.87. The lowest BCUT2D eigenvalue weighted by Gasteiger charge is -2.27. The van der Waals surface area contributed by atoms with Gasteiger partial charge in [0.25, 0.3) is 0 Å². The van der Waals surface area contributed by atoms with Gasteiger partial charge in [-0.25, -0.2) is 0 Å². The van der Waals surface area contributed by atoms with Gasteiger partial charge in [0.15, 0.2) is 0 Å². The summed E-state index contributed by atoms with van der Waals surface area (Å²) in [5.74, 6) is 1.36. The smallest absolute Gasteiger partial charge is 0.0474 e. The molecule has 102 valence electrons. The van der Waals surface area contributed by atoms with E-state index in [-0.39, 0.29) is 12.4 Å². The van der Waals surface area contributed by atoms with Crippen LogP contribution in [0.4, 0.5) is 5.69 Å². The fourth-order valence-electron chi connectivity index (χ4n) is 2.82. The normalized spacial score (nSPS) is 16.2. The van der Waals surface area contributed by atoms with Crippen LogP contribution in [0.1, 0.15) is 49.1 Å². The fraction of sp³-hybridized carbons (Fsp3) is 0.600. The van der Waals surface area contributed by atoms with Crippen molar-refractivity contribution in [2.45, 2.75) is 43.9 Å². The van der Waals surface area contributed by atoms with Crippen molar-refractivity contribution in [2.24, 2.45) is 0 Å². The topological polar surface area (TPSA) is 3.24 Å². The Morgan fingerprint density at radius 3 is 2.39 bits per heavy atom. The lowest BCUT2D eigenvalue weighted by Crippen LogP contribution is -2.15. The van der Waals surface area contributed by atoms with E-state index in [2.05, 4.69) is 37.2 Å². The molecule has 1 aromatic rings. The van der Waals surface area contributed by atoms with E-state index in [0.29, 0.717) is 5.88 Å². The van der Waals surface area contributed by atoms with Crippen LogP contribution < -0.4 is 4.90 Å². The van der Waals surface area contributed by atoms with Gasteiger partial charge in [-0.3, -0.25) is 0 Å². The molecule has 0 amide bonds. The van der Waals surface area contributed by atoms with Crippen LogP contribution in [0.3, 0.4) is 0 Å². The second-order valence-electron chi connectivity index (χ2n) is 5.26. The first kappa shape index (κ1) is 15.7. The van der Waals surface area contributed by atoms with Crippen molar-refractivity contribution in [3.8, 4) is 0 Å². The van der Waals surface area contributed by atoms with Gasteiger partial charge in [0.05, 0.1) is 0 Å². The Labute approximate surface area is 122 Å². The standard InChI is InChI=1S/C15H22ClN.ClH/c1-17(2)15-10-12(11-16)8-9-14(15)13-6-4-3-5-7-13;/h8-10,13H,3-7,11H2,1-2H3;1H. The van der Waals surface area contributed by atoms with Crippen LogP contribution in [0.15, 0.2) is 18.2 Å². The molecule has 0 spiro atoms. The van der Waals surface area contributed by atoms with Crippen molar-refractivity contribution >= 4 is 29.7 Å². The van der Waals surface area contributed by atoms with Gasteiger partial charge in [-0.15, -0.1) is 24.0 Å². The summed E-state index contributed by atoms with van der Waals surface area (Å²) in [4.78, 5) is 2.22. The third-order valence-electron chi connectivity index (χ3n) is 3.78. The molecular weight excluding hydrogens is 265 g/mol. The molecule has 3 heteroatoms. The molecule has 1 aliphatic rings. The minimum absolute atomic E-state index is 0. The van der Waals surface area contributed by atoms with Gasteiger partial charge < -0.3 is 4.90 Å². The minimum atomic E-state index is 0. The molecule has 1 aliphatic carbocycles. The predicted molar refractivity (Wildman–Crippen MR) is 83.4 cm³/mol. The highest BCUT2D eigenvalue weighted by molar-refractivity contribution is 6.17. The van der Waals surface area contributed by atoms with E-state index in [4.69, 9.17) is 11.6 Å². The number of benzene rings is 1. The molecule has 1 saturated carbocycles. The first-order valence-electron chi connectivity index (χ1n) is 6.58. The summed E-state index contributed by atoms with van der Waals surface area (Å²) in [6, 6.07) is 6.73. The van der Waals surface area contributed by atoms with Gasteiger partial charge in [-0.2, -0.15) is 0 Å². The first-order valence-corrected chi connectivity index (χ1v) is 7.12. The summed E-state index contributed by atoms with van der Waals surface area (Å²) in [6.45, 7) is 0. The van der Waals surface area contributed by atoms with Crippen LogP contribution in [0, 0.1) is 0 Å². The summed E-state index contributed by atoms with van der Waals surface area (Å²) in [7, 11) is 4.25. The number of hydrogen-bond acceptors (Lipinski definition) is 1. The Balaban J connectivity index is 0.00000162. The van der Waals surface area contributed by atoms with E-state index in [1.165, 1.54) is 48.9 Å². The van der Waals surface area contributed by atoms with Gasteiger partial charge in [0.1, 0.15) is 0 Å². The van der Waals surface area contributed by atoms with E-state index in [9.17, 15) is 0 Å². The first-order chi connectivity index (χ1) is 8.22. The maximum Gasteiger partial charge on any atom is 0.0474 e. The molecule has 0 unspecified atom stereocenters. The van der Waals surface area contributed by atoms with E-state index < -0.39 is 0 Å². The maximum atomic E-state index is 5.92. The summed E-state index contributed by atoms with van der Waals surface area (Å²) in [5, 5.41) is 0. The molecule has 1 fully saturated rings. The number of rotatable bonds is 3. The number of halogens is 2. The summed E-state index contributed by atoms with van der Waals surface area (Å²) < 4.78 is 0. The Kier molecular flexibility index (Phi) is 6.31. The SMILES string of the molecule is CN(C)c1cc(CCl)ccc1C1CCCCC1.Cl. The zero-order valence-corrected chi connectivity index (χ0v) is 12.9. The zero-order chi connectivity index (χ0) is 12.3. The maximum absolute atomic E-state index is 5.92. The lowest BCUT2D eigenvalue weighted by atomic mass is 9.83. The summed E-state index contributed by atoms with van der Waals surface area (Å²) in [5.41, 5.74) is 4.09. The predicted octanol–water partition coefficient (Wildman–Crippen LogP) is 4.96. The molecule has 0 radical (unpaired) electrons. The molecule has 0 aliphatic heterocycles. The van der Waals surface area contributed by atoms with Gasteiger partial charge in [-0.1, -0.05) is 31.4 Å². The fourth-order valence-corrected chi connectivity index (χ4v) is 2.98. The Morgan fingerprint density at radius 2 is 1.83 bits per heavy atom. The highest BCUT2D eigenvalue weighted by Crippen LogP contribution is 2.37. The average molecular weight is 288 g/mol. The lowest BCUT2D eigenvalue weighted by molar-refractivity contribution is 0.444. The van der Waals surface area contributed by atoms with Crippen molar-refractivity contribution in [2.75, 3.05) is 19.0 Å². The molecule has 0 atom stereocenters. The molecule has 0 heterocycles.